The Kier molecular flexibility index (Phi) is 4.29. The van der Waals surface area contributed by atoms with Crippen LogP contribution in [0.5, 0.6) is 0 Å². The summed E-state index contributed by atoms with van der Waals surface area (Å²) >= 11 is 1.83. The number of thiophene rings is 1. The van der Waals surface area contributed by atoms with Gasteiger partial charge < -0.3 is 5.32 Å². The van der Waals surface area contributed by atoms with E-state index in [0.717, 1.165) is 18.5 Å². The monoisotopic (exact) mass is 395 g/mol. The predicted octanol–water partition coefficient (Wildman–Crippen LogP) is 3.87. The van der Waals surface area contributed by atoms with Crippen LogP contribution in [0.3, 0.4) is 0 Å². The highest BCUT2D eigenvalue weighted by Gasteiger charge is 2.52. The lowest BCUT2D eigenvalue weighted by Crippen LogP contribution is -2.47. The van der Waals surface area contributed by atoms with E-state index in [1.807, 2.05) is 48.6 Å². The molecule has 0 unspecified atom stereocenters. The maximum atomic E-state index is 13.4. The summed E-state index contributed by atoms with van der Waals surface area (Å²) in [6.45, 7) is 3.23. The summed E-state index contributed by atoms with van der Waals surface area (Å²) in [5, 5.41) is 5.18. The Balaban J connectivity index is 1.43. The number of carbonyl (C=O) groups excluding carboxylic acids is 2. The number of rotatable bonds is 5. The van der Waals surface area contributed by atoms with Crippen molar-refractivity contribution in [3.63, 3.8) is 0 Å². The standard InChI is InChI=1S/C22H25N3O2S/c1-2-22(16-6-4-3-5-7-16)20(26)25(21(27)23-22)14-24-12-10-18-17(11-13-28-18)19(24)15-8-9-15/h3-7,11,13,15,19H,2,8-10,12,14H2,1H3,(H,23,27)/t19-,22-/m0/s1. The van der Waals surface area contributed by atoms with Crippen molar-refractivity contribution < 1.29 is 9.59 Å². The highest BCUT2D eigenvalue weighted by molar-refractivity contribution is 7.10. The molecule has 5 nitrogen and oxygen atoms in total. The molecule has 5 rings (SSSR count). The average molecular weight is 396 g/mol. The van der Waals surface area contributed by atoms with E-state index in [1.165, 1.54) is 28.2 Å². The van der Waals surface area contributed by atoms with Crippen LogP contribution in [0.15, 0.2) is 41.8 Å². The first-order chi connectivity index (χ1) is 13.6. The maximum Gasteiger partial charge on any atom is 0.326 e. The normalized spacial score (nSPS) is 27.8. The minimum atomic E-state index is -0.948. The van der Waals surface area contributed by atoms with Crippen molar-refractivity contribution in [3.05, 3.63) is 57.8 Å². The third kappa shape index (κ3) is 2.70. The minimum Gasteiger partial charge on any atom is -0.319 e. The van der Waals surface area contributed by atoms with Crippen LogP contribution in [0.2, 0.25) is 0 Å². The SMILES string of the molecule is CC[C@@]1(c2ccccc2)NC(=O)N(CN2CCc3sccc3[C@@H]2C2CC2)C1=O. The topological polar surface area (TPSA) is 52.7 Å². The van der Waals surface area contributed by atoms with Gasteiger partial charge in [0, 0.05) is 17.5 Å². The van der Waals surface area contributed by atoms with Gasteiger partial charge in [-0.1, -0.05) is 37.3 Å². The number of benzene rings is 1. The van der Waals surface area contributed by atoms with Crippen LogP contribution in [0.25, 0.3) is 0 Å². The number of hydrogen-bond donors (Lipinski definition) is 1. The number of carbonyl (C=O) groups is 2. The Labute approximate surface area is 169 Å². The van der Waals surface area contributed by atoms with E-state index < -0.39 is 5.54 Å². The fourth-order valence-corrected chi connectivity index (χ4v) is 5.73. The van der Waals surface area contributed by atoms with Gasteiger partial charge in [0.2, 0.25) is 0 Å². The molecule has 2 atom stereocenters. The number of nitrogens with zero attached hydrogens (tertiary/aromatic N) is 2. The van der Waals surface area contributed by atoms with Gasteiger partial charge in [-0.15, -0.1) is 11.3 Å². The molecule has 2 fully saturated rings. The fourth-order valence-electron chi connectivity index (χ4n) is 4.82. The highest BCUT2D eigenvalue weighted by atomic mass is 32.1. The Morgan fingerprint density at radius 3 is 2.68 bits per heavy atom. The van der Waals surface area contributed by atoms with Gasteiger partial charge in [-0.2, -0.15) is 0 Å². The number of nitrogens with one attached hydrogen (secondary N) is 1. The zero-order chi connectivity index (χ0) is 19.3. The summed E-state index contributed by atoms with van der Waals surface area (Å²) in [4.78, 5) is 31.6. The number of hydrogen-bond acceptors (Lipinski definition) is 4. The third-order valence-corrected chi connectivity index (χ3v) is 7.48. The van der Waals surface area contributed by atoms with Gasteiger partial charge in [-0.05, 0) is 54.2 Å². The van der Waals surface area contributed by atoms with E-state index in [2.05, 4.69) is 21.7 Å². The van der Waals surface area contributed by atoms with Crippen LogP contribution < -0.4 is 5.32 Å². The second-order valence-electron chi connectivity index (χ2n) is 8.07. The molecule has 1 aromatic heterocycles. The van der Waals surface area contributed by atoms with Gasteiger partial charge in [0.25, 0.3) is 5.91 Å². The Bertz CT molecular complexity index is 908. The van der Waals surface area contributed by atoms with Crippen molar-refractivity contribution in [2.75, 3.05) is 13.2 Å². The van der Waals surface area contributed by atoms with E-state index in [0.29, 0.717) is 25.0 Å². The first-order valence-corrected chi connectivity index (χ1v) is 11.0. The van der Waals surface area contributed by atoms with Crippen molar-refractivity contribution in [3.8, 4) is 0 Å². The lowest BCUT2D eigenvalue weighted by Gasteiger charge is -2.38. The average Bonchev–Trinajstić information content (AvgIpc) is 3.39. The van der Waals surface area contributed by atoms with Crippen molar-refractivity contribution in [2.45, 2.75) is 44.2 Å². The van der Waals surface area contributed by atoms with E-state index in [-0.39, 0.29) is 11.9 Å². The van der Waals surface area contributed by atoms with Gasteiger partial charge in [-0.3, -0.25) is 9.69 Å². The highest BCUT2D eigenvalue weighted by Crippen LogP contribution is 2.48. The molecule has 1 N–H and O–H groups in total. The van der Waals surface area contributed by atoms with Crippen LogP contribution in [0.1, 0.15) is 48.2 Å². The molecular formula is C22H25N3O2S. The van der Waals surface area contributed by atoms with Crippen molar-refractivity contribution >= 4 is 23.3 Å². The second kappa shape index (κ2) is 6.71. The van der Waals surface area contributed by atoms with Gasteiger partial charge >= 0.3 is 6.03 Å². The zero-order valence-corrected chi connectivity index (χ0v) is 16.9. The largest absolute Gasteiger partial charge is 0.326 e. The van der Waals surface area contributed by atoms with Gasteiger partial charge in [0.15, 0.2) is 0 Å². The number of imide groups is 1. The number of amides is 3. The molecular weight excluding hydrogens is 370 g/mol. The van der Waals surface area contributed by atoms with Crippen molar-refractivity contribution in [2.24, 2.45) is 5.92 Å². The van der Waals surface area contributed by atoms with Crippen LogP contribution in [0.4, 0.5) is 4.79 Å². The summed E-state index contributed by atoms with van der Waals surface area (Å²) in [6, 6.07) is 11.9. The summed E-state index contributed by atoms with van der Waals surface area (Å²) < 4.78 is 0. The van der Waals surface area contributed by atoms with Gasteiger partial charge in [-0.25, -0.2) is 9.69 Å². The molecule has 0 bridgehead atoms. The molecule has 1 saturated heterocycles. The van der Waals surface area contributed by atoms with Crippen LogP contribution in [-0.4, -0.2) is 35.0 Å². The number of urea groups is 1. The minimum absolute atomic E-state index is 0.128. The summed E-state index contributed by atoms with van der Waals surface area (Å²) in [6.07, 6.45) is 4.01. The molecule has 6 heteroatoms. The summed E-state index contributed by atoms with van der Waals surface area (Å²) in [5.74, 6) is 0.524. The van der Waals surface area contributed by atoms with E-state index in [1.54, 1.807) is 0 Å². The quantitative estimate of drug-likeness (QED) is 0.782. The molecule has 0 spiro atoms. The lowest BCUT2D eigenvalue weighted by atomic mass is 9.87. The molecule has 3 aliphatic rings. The molecule has 2 aliphatic heterocycles. The fraction of sp³-hybridized carbons (Fsp3) is 0.455. The van der Waals surface area contributed by atoms with Crippen LogP contribution >= 0.6 is 11.3 Å². The molecule has 2 aromatic rings. The van der Waals surface area contributed by atoms with Crippen LogP contribution in [0, 0.1) is 5.92 Å². The van der Waals surface area contributed by atoms with Crippen LogP contribution in [-0.2, 0) is 16.8 Å². The smallest absolute Gasteiger partial charge is 0.319 e. The first kappa shape index (κ1) is 17.9. The molecule has 3 amide bonds. The Hall–Kier alpha value is -2.18. The maximum absolute atomic E-state index is 13.4. The molecule has 146 valence electrons. The molecule has 1 aliphatic carbocycles. The second-order valence-corrected chi connectivity index (χ2v) is 9.07. The lowest BCUT2D eigenvalue weighted by molar-refractivity contribution is -0.133. The summed E-state index contributed by atoms with van der Waals surface area (Å²) in [5.41, 5.74) is 1.32. The summed E-state index contributed by atoms with van der Waals surface area (Å²) in [7, 11) is 0. The molecule has 0 radical (unpaired) electrons. The van der Waals surface area contributed by atoms with Crippen molar-refractivity contribution in [1.29, 1.82) is 0 Å². The molecule has 28 heavy (non-hydrogen) atoms. The first-order valence-electron chi connectivity index (χ1n) is 10.1. The third-order valence-electron chi connectivity index (χ3n) is 6.48. The van der Waals surface area contributed by atoms with E-state index in [4.69, 9.17) is 0 Å². The molecule has 3 heterocycles. The van der Waals surface area contributed by atoms with Crippen molar-refractivity contribution in [1.82, 2.24) is 15.1 Å². The van der Waals surface area contributed by atoms with Gasteiger partial charge in [0.05, 0.1) is 6.67 Å². The zero-order valence-electron chi connectivity index (χ0n) is 16.1. The number of fused-ring (bicyclic) bond motifs is 1. The Morgan fingerprint density at radius 2 is 1.96 bits per heavy atom. The molecule has 1 aromatic carbocycles. The molecule has 1 saturated carbocycles. The van der Waals surface area contributed by atoms with E-state index in [9.17, 15) is 9.59 Å². The Morgan fingerprint density at radius 1 is 1.18 bits per heavy atom. The van der Waals surface area contributed by atoms with E-state index >= 15 is 0 Å². The van der Waals surface area contributed by atoms with Gasteiger partial charge in [0.1, 0.15) is 5.54 Å². The predicted molar refractivity (Wildman–Crippen MR) is 109 cm³/mol.